The molecule has 2 aliphatic heterocycles. The SMILES string of the molecule is CC#Cc1cccc(OC2C[C@H]3CCC[C@@H](C2)N3)c1. The van der Waals surface area contributed by atoms with E-state index in [0.717, 1.165) is 24.2 Å². The van der Waals surface area contributed by atoms with Crippen LogP contribution in [0.4, 0.5) is 0 Å². The van der Waals surface area contributed by atoms with Gasteiger partial charge in [-0.1, -0.05) is 18.4 Å². The van der Waals surface area contributed by atoms with Crippen molar-refractivity contribution in [2.45, 2.75) is 57.2 Å². The number of rotatable bonds is 2. The number of hydrogen-bond acceptors (Lipinski definition) is 2. The van der Waals surface area contributed by atoms with Crippen LogP contribution in [0.5, 0.6) is 5.75 Å². The summed E-state index contributed by atoms with van der Waals surface area (Å²) in [5.74, 6) is 6.98. The summed E-state index contributed by atoms with van der Waals surface area (Å²) >= 11 is 0. The summed E-state index contributed by atoms with van der Waals surface area (Å²) in [5.41, 5.74) is 1.04. The summed E-state index contributed by atoms with van der Waals surface area (Å²) in [4.78, 5) is 0. The predicted octanol–water partition coefficient (Wildman–Crippen LogP) is 3.11. The van der Waals surface area contributed by atoms with Crippen LogP contribution in [-0.2, 0) is 0 Å². The van der Waals surface area contributed by atoms with E-state index in [2.05, 4.69) is 17.2 Å². The van der Waals surface area contributed by atoms with Crippen molar-refractivity contribution < 1.29 is 4.74 Å². The smallest absolute Gasteiger partial charge is 0.120 e. The van der Waals surface area contributed by atoms with E-state index < -0.39 is 0 Å². The van der Waals surface area contributed by atoms with Crippen LogP contribution >= 0.6 is 0 Å². The molecule has 2 saturated heterocycles. The monoisotopic (exact) mass is 255 g/mol. The standard InChI is InChI=1S/C17H21NO/c1-2-5-13-6-3-9-16(10-13)19-17-11-14-7-4-8-15(12-17)18-14/h3,6,9-10,14-15,17-18H,4,7-8,11-12H2,1H3/t14-,15+,17?. The van der Waals surface area contributed by atoms with Crippen molar-refractivity contribution in [1.82, 2.24) is 5.32 Å². The van der Waals surface area contributed by atoms with E-state index in [1.54, 1.807) is 0 Å². The molecule has 3 atom stereocenters. The van der Waals surface area contributed by atoms with Gasteiger partial charge in [-0.2, -0.15) is 0 Å². The summed E-state index contributed by atoms with van der Waals surface area (Å²) in [6.07, 6.45) is 6.62. The molecule has 0 aromatic heterocycles. The molecule has 0 aliphatic carbocycles. The molecular formula is C17H21NO. The van der Waals surface area contributed by atoms with Crippen LogP contribution in [0.15, 0.2) is 24.3 Å². The molecule has 3 rings (SSSR count). The fraction of sp³-hybridized carbons (Fsp3) is 0.529. The maximum absolute atomic E-state index is 6.17. The van der Waals surface area contributed by atoms with E-state index in [1.807, 2.05) is 31.2 Å². The van der Waals surface area contributed by atoms with Crippen LogP contribution in [0.1, 0.15) is 44.6 Å². The summed E-state index contributed by atoms with van der Waals surface area (Å²) in [5, 5.41) is 3.70. The summed E-state index contributed by atoms with van der Waals surface area (Å²) in [6.45, 7) is 1.86. The Labute approximate surface area is 115 Å². The number of nitrogens with one attached hydrogen (secondary N) is 1. The van der Waals surface area contributed by atoms with E-state index in [9.17, 15) is 0 Å². The molecule has 1 unspecified atom stereocenters. The maximum Gasteiger partial charge on any atom is 0.120 e. The van der Waals surface area contributed by atoms with Gasteiger partial charge in [0.05, 0.1) is 0 Å². The third-order valence-corrected chi connectivity index (χ3v) is 4.08. The van der Waals surface area contributed by atoms with Gasteiger partial charge in [0.15, 0.2) is 0 Å². The van der Waals surface area contributed by atoms with Gasteiger partial charge in [-0.05, 0) is 50.8 Å². The second-order valence-electron chi connectivity index (χ2n) is 5.61. The summed E-state index contributed by atoms with van der Waals surface area (Å²) < 4.78 is 6.17. The van der Waals surface area contributed by atoms with Gasteiger partial charge in [-0.3, -0.25) is 0 Å². The first kappa shape index (κ1) is 12.6. The molecule has 2 nitrogen and oxygen atoms in total. The van der Waals surface area contributed by atoms with Crippen LogP contribution in [-0.4, -0.2) is 18.2 Å². The van der Waals surface area contributed by atoms with Crippen molar-refractivity contribution in [3.05, 3.63) is 29.8 Å². The Balaban J connectivity index is 1.67. The van der Waals surface area contributed by atoms with Gasteiger partial charge in [0.25, 0.3) is 0 Å². The zero-order valence-electron chi connectivity index (χ0n) is 11.5. The van der Waals surface area contributed by atoms with Gasteiger partial charge in [-0.15, -0.1) is 5.92 Å². The number of hydrogen-bond donors (Lipinski definition) is 1. The first-order valence-corrected chi connectivity index (χ1v) is 7.29. The molecule has 2 bridgehead atoms. The fourth-order valence-corrected chi connectivity index (χ4v) is 3.29. The lowest BCUT2D eigenvalue weighted by Gasteiger charge is -2.40. The molecule has 0 amide bonds. The molecule has 0 spiro atoms. The Morgan fingerprint density at radius 2 is 2.00 bits per heavy atom. The minimum atomic E-state index is 0.362. The molecule has 2 fully saturated rings. The average molecular weight is 255 g/mol. The molecule has 100 valence electrons. The van der Waals surface area contributed by atoms with E-state index in [0.29, 0.717) is 18.2 Å². The Hall–Kier alpha value is -1.46. The molecule has 2 aliphatic rings. The quantitative estimate of drug-likeness (QED) is 0.820. The number of fused-ring (bicyclic) bond motifs is 2. The van der Waals surface area contributed by atoms with Crippen LogP contribution in [0.25, 0.3) is 0 Å². The van der Waals surface area contributed by atoms with Crippen LogP contribution < -0.4 is 10.1 Å². The first-order chi connectivity index (χ1) is 9.33. The molecule has 1 aromatic rings. The molecule has 0 saturated carbocycles. The third-order valence-electron chi connectivity index (χ3n) is 4.08. The molecule has 1 N–H and O–H groups in total. The highest BCUT2D eigenvalue weighted by Crippen LogP contribution is 2.28. The van der Waals surface area contributed by atoms with Crippen molar-refractivity contribution >= 4 is 0 Å². The fourth-order valence-electron chi connectivity index (χ4n) is 3.29. The zero-order chi connectivity index (χ0) is 13.1. The lowest BCUT2D eigenvalue weighted by atomic mass is 9.85. The molecule has 1 aromatic carbocycles. The Morgan fingerprint density at radius 3 is 2.74 bits per heavy atom. The molecule has 2 heteroatoms. The Kier molecular flexibility index (Phi) is 3.75. The third kappa shape index (κ3) is 3.11. The number of ether oxygens (including phenoxy) is 1. The van der Waals surface area contributed by atoms with E-state index in [4.69, 9.17) is 4.74 Å². The lowest BCUT2D eigenvalue weighted by molar-refractivity contribution is 0.0927. The van der Waals surface area contributed by atoms with E-state index in [-0.39, 0.29) is 0 Å². The van der Waals surface area contributed by atoms with Gasteiger partial charge in [0.1, 0.15) is 11.9 Å². The van der Waals surface area contributed by atoms with Gasteiger partial charge >= 0.3 is 0 Å². The van der Waals surface area contributed by atoms with Crippen LogP contribution in [0.3, 0.4) is 0 Å². The number of piperidine rings is 2. The topological polar surface area (TPSA) is 21.3 Å². The lowest BCUT2D eigenvalue weighted by Crippen LogP contribution is -2.51. The minimum Gasteiger partial charge on any atom is -0.490 e. The van der Waals surface area contributed by atoms with Crippen molar-refractivity contribution in [2.75, 3.05) is 0 Å². The second kappa shape index (κ2) is 5.67. The highest BCUT2D eigenvalue weighted by atomic mass is 16.5. The Bertz CT molecular complexity index is 487. The van der Waals surface area contributed by atoms with Gasteiger partial charge in [0.2, 0.25) is 0 Å². The van der Waals surface area contributed by atoms with Crippen molar-refractivity contribution in [2.24, 2.45) is 0 Å². The first-order valence-electron chi connectivity index (χ1n) is 7.29. The molecule has 2 heterocycles. The van der Waals surface area contributed by atoms with Gasteiger partial charge in [-0.25, -0.2) is 0 Å². The highest BCUT2D eigenvalue weighted by Gasteiger charge is 2.32. The molecule has 0 radical (unpaired) electrons. The van der Waals surface area contributed by atoms with Crippen molar-refractivity contribution in [3.8, 4) is 17.6 Å². The molecular weight excluding hydrogens is 234 g/mol. The Morgan fingerprint density at radius 1 is 1.21 bits per heavy atom. The summed E-state index contributed by atoms with van der Waals surface area (Å²) in [6, 6.07) is 9.47. The second-order valence-corrected chi connectivity index (χ2v) is 5.61. The minimum absolute atomic E-state index is 0.362. The number of benzene rings is 1. The summed E-state index contributed by atoms with van der Waals surface area (Å²) in [7, 11) is 0. The van der Waals surface area contributed by atoms with Crippen molar-refractivity contribution in [1.29, 1.82) is 0 Å². The van der Waals surface area contributed by atoms with E-state index >= 15 is 0 Å². The van der Waals surface area contributed by atoms with Gasteiger partial charge in [0, 0.05) is 17.6 Å². The predicted molar refractivity (Wildman–Crippen MR) is 77.2 cm³/mol. The maximum atomic E-state index is 6.17. The van der Waals surface area contributed by atoms with Gasteiger partial charge < -0.3 is 10.1 Å². The zero-order valence-corrected chi connectivity index (χ0v) is 11.5. The highest BCUT2D eigenvalue weighted by molar-refractivity contribution is 5.39. The molecule has 19 heavy (non-hydrogen) atoms. The van der Waals surface area contributed by atoms with Crippen LogP contribution in [0, 0.1) is 11.8 Å². The normalized spacial score (nSPS) is 29.2. The average Bonchev–Trinajstić information content (AvgIpc) is 2.39. The van der Waals surface area contributed by atoms with E-state index in [1.165, 1.54) is 19.3 Å². The van der Waals surface area contributed by atoms with Crippen molar-refractivity contribution in [3.63, 3.8) is 0 Å². The largest absolute Gasteiger partial charge is 0.490 e. The van der Waals surface area contributed by atoms with Crippen LogP contribution in [0.2, 0.25) is 0 Å².